The Balaban J connectivity index is 2.24. The van der Waals surface area contributed by atoms with Gasteiger partial charge in [0.15, 0.2) is 0 Å². The second-order valence-electron chi connectivity index (χ2n) is 8.32. The maximum atomic E-state index is 13.1. The van der Waals surface area contributed by atoms with E-state index in [0.717, 1.165) is 11.3 Å². The Hall–Kier alpha value is -2.75. The van der Waals surface area contributed by atoms with Crippen molar-refractivity contribution in [2.24, 2.45) is 0 Å². The van der Waals surface area contributed by atoms with Crippen LogP contribution in [0.4, 0.5) is 5.95 Å². The maximum Gasteiger partial charge on any atom is 0.326 e. The lowest BCUT2D eigenvalue weighted by Gasteiger charge is -2.26. The minimum Gasteiger partial charge on any atom is -0.459 e. The molecule has 0 saturated heterocycles. The molecule has 0 saturated carbocycles. The molecular weight excluding hydrogens is 374 g/mol. The van der Waals surface area contributed by atoms with Crippen molar-refractivity contribution >= 4 is 23.6 Å². The van der Waals surface area contributed by atoms with Crippen LogP contribution in [0.2, 0.25) is 0 Å². The number of rotatable bonds is 7. The Morgan fingerprint density at radius 2 is 1.79 bits per heavy atom. The smallest absolute Gasteiger partial charge is 0.326 e. The van der Waals surface area contributed by atoms with Crippen molar-refractivity contribution in [1.82, 2.24) is 29.4 Å². The van der Waals surface area contributed by atoms with E-state index in [-0.39, 0.29) is 24.8 Å². The predicted molar refractivity (Wildman–Crippen MR) is 109 cm³/mol. The predicted octanol–water partition coefficient (Wildman–Crippen LogP) is 0.598. The molecule has 29 heavy (non-hydrogen) atoms. The van der Waals surface area contributed by atoms with Crippen LogP contribution in [0.3, 0.4) is 0 Å². The van der Waals surface area contributed by atoms with E-state index in [1.165, 1.54) is 9.42 Å². The number of nitrogens with zero attached hydrogens (tertiary/aromatic N) is 6. The zero-order valence-electron chi connectivity index (χ0n) is 18.3. The summed E-state index contributed by atoms with van der Waals surface area (Å²) >= 11 is 0. The van der Waals surface area contributed by atoms with Crippen LogP contribution in [-0.2, 0) is 20.7 Å². The summed E-state index contributed by atoms with van der Waals surface area (Å²) in [6.07, 6.45) is 0.0938. The van der Waals surface area contributed by atoms with E-state index in [2.05, 4.69) is 15.1 Å². The topological polar surface area (TPSA) is 119 Å². The number of aryl methyl sites for hydroxylation is 2. The normalized spacial score (nSPS) is 11.9. The summed E-state index contributed by atoms with van der Waals surface area (Å²) in [5.74, 6) is -0.0956. The largest absolute Gasteiger partial charge is 0.459 e. The first-order valence-corrected chi connectivity index (χ1v) is 9.50. The first kappa shape index (κ1) is 22.5. The minimum absolute atomic E-state index is 0.0938. The number of nitrogen functional groups attached to an aromatic ring is 1. The lowest BCUT2D eigenvalue weighted by Crippen LogP contribution is -2.42. The SMILES string of the molecule is Cc1nc2nc(N)nn2c(C)c1CC(=O)N(CCN(C)C)CC(=O)OC(C)(C)C. The van der Waals surface area contributed by atoms with Crippen LogP contribution < -0.4 is 5.73 Å². The van der Waals surface area contributed by atoms with E-state index in [0.29, 0.717) is 24.6 Å². The molecule has 0 aliphatic rings. The van der Waals surface area contributed by atoms with Crippen molar-refractivity contribution < 1.29 is 14.3 Å². The molecule has 0 fully saturated rings. The molecule has 0 radical (unpaired) electrons. The standard InChI is InChI=1S/C19H31N7O3/c1-12-14(13(2)26-18(21-12)22-17(20)23-26)10-15(27)25(9-8-24(6)7)11-16(28)29-19(3,4)5/h8-11H2,1-7H3,(H2,20,23). The van der Waals surface area contributed by atoms with Crippen molar-refractivity contribution in [2.45, 2.75) is 46.6 Å². The molecule has 2 N–H and O–H groups in total. The van der Waals surface area contributed by atoms with Gasteiger partial charge in [0.05, 0.1) is 6.42 Å². The fourth-order valence-electron chi connectivity index (χ4n) is 2.88. The number of likely N-dealkylation sites (N-methyl/N-ethyl adjacent to an activating group) is 1. The zero-order valence-corrected chi connectivity index (χ0v) is 18.3. The fourth-order valence-corrected chi connectivity index (χ4v) is 2.88. The summed E-state index contributed by atoms with van der Waals surface area (Å²) in [6.45, 7) is 10.00. The summed E-state index contributed by atoms with van der Waals surface area (Å²) in [7, 11) is 3.83. The maximum absolute atomic E-state index is 13.1. The average molecular weight is 406 g/mol. The Bertz CT molecular complexity index is 899. The molecule has 0 aromatic carbocycles. The van der Waals surface area contributed by atoms with Gasteiger partial charge < -0.3 is 20.3 Å². The highest BCUT2D eigenvalue weighted by Gasteiger charge is 2.24. The lowest BCUT2D eigenvalue weighted by atomic mass is 10.1. The zero-order chi connectivity index (χ0) is 21.9. The quantitative estimate of drug-likeness (QED) is 0.665. The summed E-state index contributed by atoms with van der Waals surface area (Å²) in [5, 5.41) is 4.13. The van der Waals surface area contributed by atoms with E-state index >= 15 is 0 Å². The molecule has 2 rings (SSSR count). The molecule has 2 aromatic heterocycles. The van der Waals surface area contributed by atoms with Gasteiger partial charge in [-0.05, 0) is 48.7 Å². The summed E-state index contributed by atoms with van der Waals surface area (Å²) in [5.41, 5.74) is 7.23. The van der Waals surface area contributed by atoms with E-state index in [9.17, 15) is 9.59 Å². The van der Waals surface area contributed by atoms with Crippen LogP contribution >= 0.6 is 0 Å². The molecule has 10 nitrogen and oxygen atoms in total. The molecule has 160 valence electrons. The second-order valence-corrected chi connectivity index (χ2v) is 8.32. The van der Waals surface area contributed by atoms with Crippen LogP contribution in [0.5, 0.6) is 0 Å². The van der Waals surface area contributed by atoms with Crippen molar-refractivity contribution in [3.05, 3.63) is 17.0 Å². The van der Waals surface area contributed by atoms with Gasteiger partial charge in [0.1, 0.15) is 12.1 Å². The Morgan fingerprint density at radius 3 is 2.38 bits per heavy atom. The average Bonchev–Trinajstić information content (AvgIpc) is 2.93. The second kappa shape index (κ2) is 8.73. The number of hydrogen-bond donors (Lipinski definition) is 1. The molecular formula is C19H31N7O3. The summed E-state index contributed by atoms with van der Waals surface area (Å²) in [6, 6.07) is 0. The highest BCUT2D eigenvalue weighted by molar-refractivity contribution is 5.84. The first-order chi connectivity index (χ1) is 13.4. The first-order valence-electron chi connectivity index (χ1n) is 9.50. The number of carbonyl (C=O) groups excluding carboxylic acids is 2. The minimum atomic E-state index is -0.609. The van der Waals surface area contributed by atoms with Crippen LogP contribution in [-0.4, -0.2) is 80.6 Å². The highest BCUT2D eigenvalue weighted by atomic mass is 16.6. The monoisotopic (exact) mass is 405 g/mol. The number of aromatic nitrogens is 4. The van der Waals surface area contributed by atoms with E-state index in [1.54, 1.807) is 20.8 Å². The fraction of sp³-hybridized carbons (Fsp3) is 0.632. The number of amides is 1. The number of hydrogen-bond acceptors (Lipinski definition) is 8. The highest BCUT2D eigenvalue weighted by Crippen LogP contribution is 2.16. The molecule has 0 spiro atoms. The van der Waals surface area contributed by atoms with Crippen LogP contribution in [0.15, 0.2) is 0 Å². The summed E-state index contributed by atoms with van der Waals surface area (Å²) in [4.78, 5) is 37.3. The molecule has 0 aliphatic heterocycles. The van der Waals surface area contributed by atoms with Gasteiger partial charge in [-0.1, -0.05) is 0 Å². The van der Waals surface area contributed by atoms with Crippen molar-refractivity contribution in [3.63, 3.8) is 0 Å². The number of esters is 1. The van der Waals surface area contributed by atoms with Crippen molar-refractivity contribution in [2.75, 3.05) is 39.5 Å². The van der Waals surface area contributed by atoms with Gasteiger partial charge in [0.2, 0.25) is 11.9 Å². The molecule has 1 amide bonds. The van der Waals surface area contributed by atoms with E-state index < -0.39 is 11.6 Å². The molecule has 0 aliphatic carbocycles. The van der Waals surface area contributed by atoms with Crippen LogP contribution in [0.1, 0.15) is 37.7 Å². The molecule has 0 bridgehead atoms. The Labute approximate surface area is 171 Å². The number of carbonyl (C=O) groups is 2. The molecule has 10 heteroatoms. The van der Waals surface area contributed by atoms with Crippen molar-refractivity contribution in [1.29, 1.82) is 0 Å². The number of nitrogens with two attached hydrogens (primary N) is 1. The van der Waals surface area contributed by atoms with Gasteiger partial charge in [-0.25, -0.2) is 4.98 Å². The third kappa shape index (κ3) is 6.11. The molecule has 0 atom stereocenters. The third-order valence-corrected chi connectivity index (χ3v) is 4.30. The van der Waals surface area contributed by atoms with Gasteiger partial charge in [-0.15, -0.1) is 5.10 Å². The van der Waals surface area contributed by atoms with Crippen molar-refractivity contribution in [3.8, 4) is 0 Å². The number of anilines is 1. The number of ether oxygens (including phenoxy) is 1. The summed E-state index contributed by atoms with van der Waals surface area (Å²) < 4.78 is 6.92. The lowest BCUT2D eigenvalue weighted by molar-refractivity contribution is -0.158. The van der Waals surface area contributed by atoms with Gasteiger partial charge in [0, 0.05) is 30.0 Å². The molecule has 2 aromatic rings. The Morgan fingerprint density at radius 1 is 1.14 bits per heavy atom. The van der Waals surface area contributed by atoms with Crippen LogP contribution in [0, 0.1) is 13.8 Å². The number of fused-ring (bicyclic) bond motifs is 1. The van der Waals surface area contributed by atoms with E-state index in [4.69, 9.17) is 10.5 Å². The Kier molecular flexibility index (Phi) is 6.78. The van der Waals surface area contributed by atoms with Gasteiger partial charge >= 0.3 is 5.97 Å². The van der Waals surface area contributed by atoms with Gasteiger partial charge in [-0.2, -0.15) is 9.50 Å². The van der Waals surface area contributed by atoms with E-state index in [1.807, 2.05) is 32.8 Å². The third-order valence-electron chi connectivity index (χ3n) is 4.30. The molecule has 2 heterocycles. The molecule has 0 unspecified atom stereocenters. The van der Waals surface area contributed by atoms with Gasteiger partial charge in [0.25, 0.3) is 5.78 Å². The van der Waals surface area contributed by atoms with Crippen LogP contribution in [0.25, 0.3) is 5.78 Å². The van der Waals surface area contributed by atoms with Gasteiger partial charge in [-0.3, -0.25) is 9.59 Å².